The molecule has 0 bridgehead atoms. The molecule has 5 rings (SSSR count). The Hall–Kier alpha value is -3.38. The number of anilines is 1. The van der Waals surface area contributed by atoms with Gasteiger partial charge in [-0.2, -0.15) is 0 Å². The van der Waals surface area contributed by atoms with Crippen molar-refractivity contribution in [3.63, 3.8) is 0 Å². The van der Waals surface area contributed by atoms with Gasteiger partial charge in [0.1, 0.15) is 11.3 Å². The topological polar surface area (TPSA) is 130 Å². The highest BCUT2D eigenvalue weighted by Gasteiger charge is 2.23. The first-order chi connectivity index (χ1) is 16.0. The smallest absolute Gasteiger partial charge is 0.231 e. The fourth-order valence-corrected chi connectivity index (χ4v) is 5.12. The van der Waals surface area contributed by atoms with Gasteiger partial charge in [0.2, 0.25) is 12.7 Å². The summed E-state index contributed by atoms with van der Waals surface area (Å²) in [4.78, 5) is 30.6. The third kappa shape index (κ3) is 4.18. The Balaban J connectivity index is 1.54. The van der Waals surface area contributed by atoms with Crippen molar-refractivity contribution in [2.24, 2.45) is 5.92 Å². The van der Waals surface area contributed by atoms with Crippen molar-refractivity contribution < 1.29 is 14.3 Å². The second-order valence-corrected chi connectivity index (χ2v) is 9.47. The number of hydrogen-bond acceptors (Lipinski definition) is 10. The number of carbonyl (C=O) groups is 1. The lowest BCUT2D eigenvalue weighted by molar-refractivity contribution is -0.124. The molecule has 0 radical (unpaired) electrons. The van der Waals surface area contributed by atoms with Crippen LogP contribution >= 0.6 is 23.1 Å². The number of nitrogens with zero attached hydrogens (tertiary/aromatic N) is 5. The summed E-state index contributed by atoms with van der Waals surface area (Å²) in [7, 11) is 0. The number of hydrogen-bond donors (Lipinski definition) is 2. The van der Waals surface area contributed by atoms with Crippen molar-refractivity contribution in [3.05, 3.63) is 30.0 Å². The van der Waals surface area contributed by atoms with E-state index < -0.39 is 0 Å². The van der Waals surface area contributed by atoms with Crippen molar-refractivity contribution in [1.82, 2.24) is 29.8 Å². The molecule has 0 saturated carbocycles. The number of amides is 1. The van der Waals surface area contributed by atoms with Crippen molar-refractivity contribution in [3.8, 4) is 22.1 Å². The second-order valence-electron chi connectivity index (χ2n) is 7.56. The number of carbonyl (C=O) groups excluding carboxylic acids is 1. The fourth-order valence-electron chi connectivity index (χ4n) is 3.34. The van der Waals surface area contributed by atoms with Crippen LogP contribution < -0.4 is 20.5 Å². The van der Waals surface area contributed by atoms with Gasteiger partial charge in [0, 0.05) is 41.0 Å². The molecule has 0 saturated heterocycles. The van der Waals surface area contributed by atoms with Crippen LogP contribution in [-0.2, 0) is 11.3 Å². The molecule has 1 amide bonds. The molecule has 1 aliphatic rings. The van der Waals surface area contributed by atoms with Gasteiger partial charge in [0.05, 0.1) is 0 Å². The lowest BCUT2D eigenvalue weighted by Gasteiger charge is -2.12. The van der Waals surface area contributed by atoms with Crippen LogP contribution in [0.5, 0.6) is 11.5 Å². The van der Waals surface area contributed by atoms with Crippen LogP contribution in [0.1, 0.15) is 13.8 Å². The second kappa shape index (κ2) is 8.87. The van der Waals surface area contributed by atoms with E-state index in [0.717, 1.165) is 15.5 Å². The van der Waals surface area contributed by atoms with Gasteiger partial charge in [0.15, 0.2) is 33.6 Å². The average molecular weight is 484 g/mol. The van der Waals surface area contributed by atoms with Crippen LogP contribution in [-0.4, -0.2) is 43.7 Å². The Bertz CT molecular complexity index is 1320. The Morgan fingerprint density at radius 1 is 1.27 bits per heavy atom. The van der Waals surface area contributed by atoms with Crippen LogP contribution in [0.2, 0.25) is 0 Å². The van der Waals surface area contributed by atoms with Gasteiger partial charge in [-0.25, -0.2) is 19.9 Å². The van der Waals surface area contributed by atoms with Crippen molar-refractivity contribution in [2.75, 3.05) is 19.1 Å². The zero-order valence-corrected chi connectivity index (χ0v) is 19.6. The summed E-state index contributed by atoms with van der Waals surface area (Å²) < 4.78 is 13.1. The van der Waals surface area contributed by atoms with Crippen LogP contribution in [0.15, 0.2) is 40.1 Å². The van der Waals surface area contributed by atoms with Gasteiger partial charge < -0.3 is 25.1 Å². The molecule has 0 fully saturated rings. The Kier molecular flexibility index (Phi) is 5.77. The van der Waals surface area contributed by atoms with Crippen molar-refractivity contribution in [1.29, 1.82) is 0 Å². The number of thiazole rings is 1. The highest BCUT2D eigenvalue weighted by Crippen LogP contribution is 2.45. The fraction of sp³-hybridized carbons (Fsp3) is 0.286. The summed E-state index contributed by atoms with van der Waals surface area (Å²) in [5.41, 5.74) is 8.13. The summed E-state index contributed by atoms with van der Waals surface area (Å²) in [6.45, 7) is 4.81. The van der Waals surface area contributed by atoms with E-state index in [1.807, 2.05) is 35.9 Å². The SMILES string of the molecule is CC(C)C(=O)NCCn1c(Sc2cc3c(cc2-c2nccs2)OCO3)nc2c(N)ncnc21. The van der Waals surface area contributed by atoms with E-state index in [1.165, 1.54) is 29.4 Å². The highest BCUT2D eigenvalue weighted by molar-refractivity contribution is 7.99. The van der Waals surface area contributed by atoms with Crippen LogP contribution in [0.3, 0.4) is 0 Å². The molecule has 10 nitrogen and oxygen atoms in total. The van der Waals surface area contributed by atoms with Gasteiger partial charge in [0.25, 0.3) is 0 Å². The molecule has 0 aliphatic carbocycles. The minimum absolute atomic E-state index is 0.00964. The van der Waals surface area contributed by atoms with E-state index in [-0.39, 0.29) is 18.6 Å². The first-order valence-corrected chi connectivity index (χ1v) is 12.0. The molecule has 170 valence electrons. The minimum Gasteiger partial charge on any atom is -0.454 e. The summed E-state index contributed by atoms with van der Waals surface area (Å²) in [6.07, 6.45) is 3.18. The normalized spacial score (nSPS) is 12.6. The summed E-state index contributed by atoms with van der Waals surface area (Å²) in [6, 6.07) is 3.87. The van der Waals surface area contributed by atoms with Gasteiger partial charge in [-0.05, 0) is 12.1 Å². The van der Waals surface area contributed by atoms with E-state index >= 15 is 0 Å². The molecule has 3 aromatic heterocycles. The summed E-state index contributed by atoms with van der Waals surface area (Å²) in [5.74, 6) is 1.56. The van der Waals surface area contributed by atoms with Crippen LogP contribution in [0.4, 0.5) is 5.82 Å². The van der Waals surface area contributed by atoms with Gasteiger partial charge in [-0.1, -0.05) is 25.6 Å². The number of nitrogen functional groups attached to an aromatic ring is 1. The van der Waals surface area contributed by atoms with E-state index in [0.29, 0.717) is 46.7 Å². The van der Waals surface area contributed by atoms with E-state index in [1.54, 1.807) is 6.20 Å². The van der Waals surface area contributed by atoms with E-state index in [9.17, 15) is 4.79 Å². The Labute approximate surface area is 197 Å². The monoisotopic (exact) mass is 483 g/mol. The Morgan fingerprint density at radius 2 is 2.09 bits per heavy atom. The van der Waals surface area contributed by atoms with Crippen LogP contribution in [0, 0.1) is 5.92 Å². The lowest BCUT2D eigenvalue weighted by atomic mass is 10.2. The van der Waals surface area contributed by atoms with E-state index in [2.05, 4.69) is 20.3 Å². The number of imidazole rings is 1. The first kappa shape index (κ1) is 21.5. The van der Waals surface area contributed by atoms with Gasteiger partial charge in [-0.3, -0.25) is 4.79 Å². The molecule has 0 unspecified atom stereocenters. The predicted octanol–water partition coefficient (Wildman–Crippen LogP) is 3.18. The van der Waals surface area contributed by atoms with Crippen molar-refractivity contribution >= 4 is 46.0 Å². The Morgan fingerprint density at radius 3 is 2.85 bits per heavy atom. The summed E-state index contributed by atoms with van der Waals surface area (Å²) >= 11 is 2.99. The molecule has 0 spiro atoms. The number of nitrogens with two attached hydrogens (primary N) is 1. The maximum atomic E-state index is 12.0. The van der Waals surface area contributed by atoms with Gasteiger partial charge in [-0.15, -0.1) is 11.3 Å². The molecule has 1 aliphatic heterocycles. The molecule has 3 N–H and O–H groups in total. The number of ether oxygens (including phenoxy) is 2. The highest BCUT2D eigenvalue weighted by atomic mass is 32.2. The molecule has 0 atom stereocenters. The standard InChI is InChI=1S/C21H21N7O3S2/c1-11(2)19(29)23-3-5-28-18-16(17(22)25-9-26-18)27-21(28)33-15-8-14-13(30-10-31-14)7-12(15)20-24-4-6-32-20/h4,6-9,11H,3,5,10H2,1-2H3,(H,23,29)(H2,22,25,26). The minimum atomic E-state index is -0.0918. The molecular formula is C21H21N7O3S2. The van der Waals surface area contributed by atoms with Crippen molar-refractivity contribution in [2.45, 2.75) is 30.4 Å². The average Bonchev–Trinajstić information content (AvgIpc) is 3.54. The van der Waals surface area contributed by atoms with Crippen LogP contribution in [0.25, 0.3) is 21.7 Å². The molecular weight excluding hydrogens is 462 g/mol. The maximum Gasteiger partial charge on any atom is 0.231 e. The molecule has 12 heteroatoms. The van der Waals surface area contributed by atoms with Gasteiger partial charge >= 0.3 is 0 Å². The molecule has 4 aromatic rings. The largest absolute Gasteiger partial charge is 0.454 e. The number of rotatable bonds is 7. The summed E-state index contributed by atoms with van der Waals surface area (Å²) in [5, 5.41) is 6.41. The third-order valence-electron chi connectivity index (χ3n) is 5.02. The predicted molar refractivity (Wildman–Crippen MR) is 125 cm³/mol. The molecule has 4 heterocycles. The lowest BCUT2D eigenvalue weighted by Crippen LogP contribution is -2.30. The quantitative estimate of drug-likeness (QED) is 0.407. The number of fused-ring (bicyclic) bond motifs is 2. The number of benzene rings is 1. The molecule has 1 aromatic carbocycles. The number of aromatic nitrogens is 5. The first-order valence-electron chi connectivity index (χ1n) is 10.3. The zero-order valence-electron chi connectivity index (χ0n) is 17.9. The van der Waals surface area contributed by atoms with E-state index in [4.69, 9.17) is 20.2 Å². The zero-order chi connectivity index (χ0) is 22.9. The molecule has 33 heavy (non-hydrogen) atoms. The third-order valence-corrected chi connectivity index (χ3v) is 6.88. The number of nitrogens with one attached hydrogen (secondary N) is 1. The maximum absolute atomic E-state index is 12.0.